The number of hydrogen-bond donors (Lipinski definition) is 2. The number of nitrogens with one attached hydrogen (secondary N) is 1. The molecule has 0 aliphatic rings. The normalized spacial score (nSPS) is 11.9. The van der Waals surface area contributed by atoms with Crippen LogP contribution in [0.1, 0.15) is 19.4 Å². The van der Waals surface area contributed by atoms with Crippen molar-refractivity contribution in [2.75, 3.05) is 5.32 Å². The van der Waals surface area contributed by atoms with Gasteiger partial charge in [0.1, 0.15) is 6.26 Å². The number of carbonyl (C=O) groups is 1. The summed E-state index contributed by atoms with van der Waals surface area (Å²) in [6, 6.07) is 5.07. The molecule has 0 saturated carbocycles. The molecule has 21 heavy (non-hydrogen) atoms. The number of amides is 1. The Morgan fingerprint density at radius 2 is 2.10 bits per heavy atom. The van der Waals surface area contributed by atoms with Crippen LogP contribution in [0.15, 0.2) is 35.1 Å². The third kappa shape index (κ3) is 4.06. The first kappa shape index (κ1) is 17.2. The lowest BCUT2D eigenvalue weighted by Crippen LogP contribution is -2.39. The quantitative estimate of drug-likeness (QED) is 0.909. The van der Waals surface area contributed by atoms with Crippen LogP contribution in [0.25, 0.3) is 11.5 Å². The molecule has 0 bridgehead atoms. The minimum atomic E-state index is -0.526. The molecule has 0 aliphatic carbocycles. The van der Waals surface area contributed by atoms with E-state index >= 15 is 0 Å². The van der Waals surface area contributed by atoms with Gasteiger partial charge in [-0.15, -0.1) is 12.4 Å². The maximum atomic E-state index is 12.0. The van der Waals surface area contributed by atoms with E-state index in [2.05, 4.69) is 10.3 Å². The summed E-state index contributed by atoms with van der Waals surface area (Å²) in [7, 11) is 0. The Labute approximate surface area is 130 Å². The molecule has 1 amide bonds. The zero-order valence-electron chi connectivity index (χ0n) is 12.3. The van der Waals surface area contributed by atoms with Gasteiger partial charge in [-0.3, -0.25) is 4.79 Å². The van der Waals surface area contributed by atoms with Gasteiger partial charge in [0.25, 0.3) is 0 Å². The van der Waals surface area contributed by atoms with E-state index in [1.54, 1.807) is 6.20 Å². The van der Waals surface area contributed by atoms with Crippen molar-refractivity contribution in [1.82, 2.24) is 4.98 Å². The Kier molecular flexibility index (Phi) is 5.93. The largest absolute Gasteiger partial charge is 0.445 e. The maximum Gasteiger partial charge on any atom is 0.241 e. The van der Waals surface area contributed by atoms with Crippen LogP contribution in [0.2, 0.25) is 0 Å². The van der Waals surface area contributed by atoms with Gasteiger partial charge in [-0.2, -0.15) is 0 Å². The molecule has 1 aromatic heterocycles. The van der Waals surface area contributed by atoms with E-state index in [9.17, 15) is 4.79 Å². The number of aromatic nitrogens is 1. The van der Waals surface area contributed by atoms with Crippen molar-refractivity contribution in [2.45, 2.75) is 26.8 Å². The summed E-state index contributed by atoms with van der Waals surface area (Å²) < 4.78 is 5.30. The van der Waals surface area contributed by atoms with Crippen molar-refractivity contribution in [2.24, 2.45) is 11.7 Å². The van der Waals surface area contributed by atoms with E-state index in [1.165, 1.54) is 6.26 Å². The van der Waals surface area contributed by atoms with Crippen LogP contribution < -0.4 is 11.1 Å². The van der Waals surface area contributed by atoms with Gasteiger partial charge in [0.05, 0.1) is 12.2 Å². The van der Waals surface area contributed by atoms with Crippen LogP contribution in [0.3, 0.4) is 0 Å². The number of benzene rings is 1. The fourth-order valence-electron chi connectivity index (χ4n) is 1.81. The average Bonchev–Trinajstić information content (AvgIpc) is 2.93. The van der Waals surface area contributed by atoms with Crippen LogP contribution in [-0.4, -0.2) is 16.9 Å². The molecule has 1 atom stereocenters. The number of rotatable bonds is 4. The molecule has 1 aromatic carbocycles. The van der Waals surface area contributed by atoms with E-state index in [4.69, 9.17) is 10.2 Å². The topological polar surface area (TPSA) is 81.2 Å². The van der Waals surface area contributed by atoms with Gasteiger partial charge >= 0.3 is 0 Å². The van der Waals surface area contributed by atoms with Crippen molar-refractivity contribution < 1.29 is 9.21 Å². The number of hydrogen-bond acceptors (Lipinski definition) is 4. The van der Waals surface area contributed by atoms with Gasteiger partial charge in [0.2, 0.25) is 11.8 Å². The highest BCUT2D eigenvalue weighted by Crippen LogP contribution is 2.25. The molecule has 2 aromatic rings. The van der Waals surface area contributed by atoms with Crippen LogP contribution in [-0.2, 0) is 4.79 Å². The monoisotopic (exact) mass is 309 g/mol. The molecule has 0 radical (unpaired) electrons. The highest BCUT2D eigenvalue weighted by Gasteiger charge is 2.17. The molecule has 6 heteroatoms. The number of aryl methyl sites for hydroxylation is 1. The summed E-state index contributed by atoms with van der Waals surface area (Å²) in [5, 5.41) is 2.82. The predicted octanol–water partition coefficient (Wildman–Crippen LogP) is 2.99. The fraction of sp³-hybridized carbons (Fsp3) is 0.333. The van der Waals surface area contributed by atoms with E-state index < -0.39 is 6.04 Å². The summed E-state index contributed by atoms with van der Waals surface area (Å²) in [4.78, 5) is 16.1. The first-order valence-corrected chi connectivity index (χ1v) is 6.56. The molecule has 114 valence electrons. The van der Waals surface area contributed by atoms with Crippen LogP contribution in [0, 0.1) is 12.8 Å². The Bertz CT molecular complexity index is 597. The Hall–Kier alpha value is -1.85. The molecule has 3 N–H and O–H groups in total. The van der Waals surface area contributed by atoms with Crippen molar-refractivity contribution in [3.8, 4) is 11.5 Å². The molecule has 0 unspecified atom stereocenters. The third-order valence-electron chi connectivity index (χ3n) is 3.19. The molecular weight excluding hydrogens is 290 g/mol. The van der Waals surface area contributed by atoms with E-state index in [0.717, 1.165) is 11.1 Å². The summed E-state index contributed by atoms with van der Waals surface area (Å²) in [5.74, 6) is 0.431. The maximum absolute atomic E-state index is 12.0. The van der Waals surface area contributed by atoms with Gasteiger partial charge in [-0.1, -0.05) is 19.9 Å². The zero-order chi connectivity index (χ0) is 14.7. The lowest BCUT2D eigenvalue weighted by molar-refractivity contribution is -0.118. The highest BCUT2D eigenvalue weighted by molar-refractivity contribution is 5.95. The molecule has 0 fully saturated rings. The Morgan fingerprint density at radius 1 is 1.38 bits per heavy atom. The van der Waals surface area contributed by atoms with Gasteiger partial charge in [-0.05, 0) is 30.5 Å². The molecule has 2 rings (SSSR count). The van der Waals surface area contributed by atoms with E-state index in [1.807, 2.05) is 39.0 Å². The van der Waals surface area contributed by atoms with Gasteiger partial charge in [-0.25, -0.2) is 4.98 Å². The molecule has 5 nitrogen and oxygen atoms in total. The first-order chi connectivity index (χ1) is 9.49. The Balaban J connectivity index is 0.00000220. The molecule has 1 heterocycles. The average molecular weight is 310 g/mol. The summed E-state index contributed by atoms with van der Waals surface area (Å²) >= 11 is 0. The summed E-state index contributed by atoms with van der Waals surface area (Å²) in [6.45, 7) is 5.79. The molecule has 0 aliphatic heterocycles. The lowest BCUT2D eigenvalue weighted by Gasteiger charge is -2.16. The summed E-state index contributed by atoms with van der Waals surface area (Å²) in [6.07, 6.45) is 3.11. The second-order valence-electron chi connectivity index (χ2n) is 5.13. The van der Waals surface area contributed by atoms with E-state index in [0.29, 0.717) is 11.6 Å². The van der Waals surface area contributed by atoms with Gasteiger partial charge < -0.3 is 15.5 Å². The van der Waals surface area contributed by atoms with Crippen LogP contribution >= 0.6 is 12.4 Å². The first-order valence-electron chi connectivity index (χ1n) is 6.56. The highest BCUT2D eigenvalue weighted by atomic mass is 35.5. The van der Waals surface area contributed by atoms with E-state index in [-0.39, 0.29) is 24.2 Å². The third-order valence-corrected chi connectivity index (χ3v) is 3.19. The van der Waals surface area contributed by atoms with Crippen molar-refractivity contribution in [3.63, 3.8) is 0 Å². The lowest BCUT2D eigenvalue weighted by atomic mass is 10.0. The van der Waals surface area contributed by atoms with Crippen molar-refractivity contribution >= 4 is 24.0 Å². The van der Waals surface area contributed by atoms with Gasteiger partial charge in [0, 0.05) is 11.3 Å². The number of nitrogens with two attached hydrogens (primary N) is 1. The minimum absolute atomic E-state index is 0. The molecule has 0 spiro atoms. The van der Waals surface area contributed by atoms with Gasteiger partial charge in [0.15, 0.2) is 0 Å². The molecule has 0 saturated heterocycles. The molecular formula is C15H20ClN3O2. The second-order valence-corrected chi connectivity index (χ2v) is 5.13. The number of anilines is 1. The Morgan fingerprint density at radius 3 is 2.67 bits per heavy atom. The number of carbonyl (C=O) groups excluding carboxylic acids is 1. The zero-order valence-corrected chi connectivity index (χ0v) is 13.1. The van der Waals surface area contributed by atoms with Crippen molar-refractivity contribution in [1.29, 1.82) is 0 Å². The minimum Gasteiger partial charge on any atom is -0.445 e. The predicted molar refractivity (Wildman–Crippen MR) is 85.4 cm³/mol. The SMILES string of the molecule is Cc1ccc(NC(=O)[C@@H](N)C(C)C)cc1-c1ncco1.Cl. The van der Waals surface area contributed by atoms with Crippen LogP contribution in [0.5, 0.6) is 0 Å². The number of oxazole rings is 1. The van der Waals surface area contributed by atoms with Crippen LogP contribution in [0.4, 0.5) is 5.69 Å². The fourth-order valence-corrected chi connectivity index (χ4v) is 1.81. The van der Waals surface area contributed by atoms with Crippen molar-refractivity contribution in [3.05, 3.63) is 36.2 Å². The number of halogens is 1. The standard InChI is InChI=1S/C15H19N3O2.ClH/c1-9(2)13(16)14(19)18-11-5-4-10(3)12(8-11)15-17-6-7-20-15;/h4-9,13H,16H2,1-3H3,(H,18,19);1H/t13-;/m0./s1. The smallest absolute Gasteiger partial charge is 0.241 e. The second kappa shape index (κ2) is 7.24. The number of nitrogens with zero attached hydrogens (tertiary/aromatic N) is 1. The summed E-state index contributed by atoms with van der Waals surface area (Å²) in [5.41, 5.74) is 8.39.